The quantitative estimate of drug-likeness (QED) is 0.664. The number of nitrogens with one attached hydrogen (secondary N) is 1. The van der Waals surface area contributed by atoms with Crippen molar-refractivity contribution < 1.29 is 9.15 Å². The van der Waals surface area contributed by atoms with Crippen LogP contribution in [0.15, 0.2) is 27.8 Å². The normalized spacial score (nSPS) is 24.0. The number of hydrogen-bond acceptors (Lipinski definition) is 4. The van der Waals surface area contributed by atoms with Crippen molar-refractivity contribution in [1.29, 1.82) is 0 Å². The van der Waals surface area contributed by atoms with E-state index in [0.29, 0.717) is 6.54 Å². The molecule has 2 aliphatic heterocycles. The molecule has 1 N–H and O–H groups in total. The van der Waals surface area contributed by atoms with Crippen molar-refractivity contribution >= 4 is 5.96 Å². The lowest BCUT2D eigenvalue weighted by molar-refractivity contribution is 0.139. The smallest absolute Gasteiger partial charge is 0.194 e. The molecule has 0 saturated carbocycles. The minimum Gasteiger partial charge on any atom is -0.467 e. The number of guanidine groups is 1. The second kappa shape index (κ2) is 7.65. The van der Waals surface area contributed by atoms with Crippen molar-refractivity contribution in [2.45, 2.75) is 13.0 Å². The number of nitrogens with zero attached hydrogens (tertiary/aromatic N) is 3. The molecule has 6 nitrogen and oxygen atoms in total. The van der Waals surface area contributed by atoms with E-state index < -0.39 is 0 Å². The average molecular weight is 306 g/mol. The van der Waals surface area contributed by atoms with Crippen LogP contribution >= 0.6 is 0 Å². The molecule has 0 bridgehead atoms. The molecule has 2 aliphatic rings. The highest BCUT2D eigenvalue weighted by Gasteiger charge is 2.23. The Hall–Kier alpha value is -1.53. The molecule has 0 spiro atoms. The number of furan rings is 1. The average Bonchev–Trinajstić information content (AvgIpc) is 3.23. The Morgan fingerprint density at radius 1 is 1.36 bits per heavy atom. The van der Waals surface area contributed by atoms with E-state index in [1.807, 2.05) is 19.2 Å². The van der Waals surface area contributed by atoms with Gasteiger partial charge in [-0.1, -0.05) is 0 Å². The fraction of sp³-hybridized carbons (Fsp3) is 0.688. The zero-order chi connectivity index (χ0) is 15.2. The third kappa shape index (κ3) is 4.01. The Bertz CT molecular complexity index is 461. The summed E-state index contributed by atoms with van der Waals surface area (Å²) < 4.78 is 10.8. The van der Waals surface area contributed by atoms with E-state index in [1.54, 1.807) is 6.26 Å². The topological polar surface area (TPSA) is 53.2 Å². The summed E-state index contributed by atoms with van der Waals surface area (Å²) in [5, 5.41) is 3.37. The molecule has 0 aromatic carbocycles. The predicted octanol–water partition coefficient (Wildman–Crippen LogP) is 1.01. The van der Waals surface area contributed by atoms with Gasteiger partial charge in [-0.05, 0) is 24.5 Å². The second-order valence-corrected chi connectivity index (χ2v) is 6.00. The molecule has 0 aliphatic carbocycles. The van der Waals surface area contributed by atoms with E-state index in [4.69, 9.17) is 9.15 Å². The van der Waals surface area contributed by atoms with Gasteiger partial charge in [0, 0.05) is 46.4 Å². The van der Waals surface area contributed by atoms with Crippen LogP contribution in [0.2, 0.25) is 0 Å². The standard InChI is InChI=1S/C16H26N4O2/c1-17-16(18-11-15-3-2-9-22-15)20-7-5-19(6-8-20)12-14-4-10-21-13-14/h2-3,9,14H,4-8,10-13H2,1H3,(H,17,18). The maximum absolute atomic E-state index is 5.47. The Balaban J connectivity index is 1.42. The van der Waals surface area contributed by atoms with E-state index in [-0.39, 0.29) is 0 Å². The predicted molar refractivity (Wildman–Crippen MR) is 85.8 cm³/mol. The summed E-state index contributed by atoms with van der Waals surface area (Å²) in [5.41, 5.74) is 0. The van der Waals surface area contributed by atoms with Gasteiger partial charge in [-0.2, -0.15) is 0 Å². The van der Waals surface area contributed by atoms with Gasteiger partial charge in [0.15, 0.2) is 5.96 Å². The fourth-order valence-electron chi connectivity index (χ4n) is 3.15. The van der Waals surface area contributed by atoms with E-state index in [0.717, 1.165) is 57.0 Å². The summed E-state index contributed by atoms with van der Waals surface area (Å²) in [6.07, 6.45) is 2.91. The summed E-state index contributed by atoms with van der Waals surface area (Å²) in [5.74, 6) is 2.62. The third-order valence-corrected chi connectivity index (χ3v) is 4.42. The van der Waals surface area contributed by atoms with Crippen molar-refractivity contribution in [3.8, 4) is 0 Å². The molecule has 1 unspecified atom stereocenters. The first-order valence-electron chi connectivity index (χ1n) is 8.13. The van der Waals surface area contributed by atoms with Gasteiger partial charge in [-0.3, -0.25) is 9.89 Å². The van der Waals surface area contributed by atoms with Gasteiger partial charge in [0.05, 0.1) is 19.4 Å². The molecule has 1 aromatic rings. The van der Waals surface area contributed by atoms with Crippen molar-refractivity contribution in [3.05, 3.63) is 24.2 Å². The maximum Gasteiger partial charge on any atom is 0.194 e. The Morgan fingerprint density at radius 2 is 2.23 bits per heavy atom. The summed E-state index contributed by atoms with van der Waals surface area (Å²) in [4.78, 5) is 9.27. The Morgan fingerprint density at radius 3 is 2.86 bits per heavy atom. The van der Waals surface area contributed by atoms with E-state index in [9.17, 15) is 0 Å². The number of rotatable bonds is 4. The van der Waals surface area contributed by atoms with Gasteiger partial charge >= 0.3 is 0 Å². The second-order valence-electron chi connectivity index (χ2n) is 6.00. The van der Waals surface area contributed by atoms with Crippen LogP contribution < -0.4 is 5.32 Å². The first-order chi connectivity index (χ1) is 10.8. The molecule has 0 amide bonds. The van der Waals surface area contributed by atoms with Crippen molar-refractivity contribution in [1.82, 2.24) is 15.1 Å². The van der Waals surface area contributed by atoms with Crippen LogP contribution in [0.5, 0.6) is 0 Å². The summed E-state index contributed by atoms with van der Waals surface area (Å²) in [7, 11) is 1.84. The highest BCUT2D eigenvalue weighted by molar-refractivity contribution is 5.79. The summed E-state index contributed by atoms with van der Waals surface area (Å²) in [6, 6.07) is 3.88. The fourth-order valence-corrected chi connectivity index (χ4v) is 3.15. The monoisotopic (exact) mass is 306 g/mol. The molecule has 0 radical (unpaired) electrons. The lowest BCUT2D eigenvalue weighted by Crippen LogP contribution is -2.53. The highest BCUT2D eigenvalue weighted by atomic mass is 16.5. The SMILES string of the molecule is CN=C(NCc1ccco1)N1CCN(CC2CCOC2)CC1. The minimum atomic E-state index is 0.680. The van der Waals surface area contributed by atoms with E-state index in [1.165, 1.54) is 13.0 Å². The number of hydrogen-bond donors (Lipinski definition) is 1. The molecule has 3 heterocycles. The van der Waals surface area contributed by atoms with Crippen molar-refractivity contribution in [3.63, 3.8) is 0 Å². The van der Waals surface area contributed by atoms with Crippen LogP contribution in [-0.2, 0) is 11.3 Å². The largest absolute Gasteiger partial charge is 0.467 e. The van der Waals surface area contributed by atoms with Crippen LogP contribution in [0.1, 0.15) is 12.2 Å². The lowest BCUT2D eigenvalue weighted by atomic mass is 10.1. The molecule has 1 atom stereocenters. The summed E-state index contributed by atoms with van der Waals surface area (Å²) in [6.45, 7) is 7.96. The lowest BCUT2D eigenvalue weighted by Gasteiger charge is -2.37. The van der Waals surface area contributed by atoms with Crippen LogP contribution in [0.3, 0.4) is 0 Å². The van der Waals surface area contributed by atoms with Gasteiger partial charge in [-0.15, -0.1) is 0 Å². The van der Waals surface area contributed by atoms with Gasteiger partial charge in [0.25, 0.3) is 0 Å². The Labute approximate surface area is 132 Å². The first kappa shape index (κ1) is 15.4. The molecule has 2 saturated heterocycles. The van der Waals surface area contributed by atoms with Crippen LogP contribution in [0.25, 0.3) is 0 Å². The molecule has 122 valence electrons. The molecule has 1 aromatic heterocycles. The van der Waals surface area contributed by atoms with E-state index >= 15 is 0 Å². The number of aliphatic imine (C=N–C) groups is 1. The highest BCUT2D eigenvalue weighted by Crippen LogP contribution is 2.15. The van der Waals surface area contributed by atoms with Crippen molar-refractivity contribution in [2.75, 3.05) is 53.0 Å². The third-order valence-electron chi connectivity index (χ3n) is 4.42. The molecule has 2 fully saturated rings. The molecular weight excluding hydrogens is 280 g/mol. The van der Waals surface area contributed by atoms with Gasteiger partial charge < -0.3 is 19.4 Å². The zero-order valence-corrected chi connectivity index (χ0v) is 13.3. The minimum absolute atomic E-state index is 0.680. The number of piperazine rings is 1. The van der Waals surface area contributed by atoms with Crippen molar-refractivity contribution in [2.24, 2.45) is 10.9 Å². The maximum atomic E-state index is 5.47. The molecular formula is C16H26N4O2. The molecule has 6 heteroatoms. The molecule has 22 heavy (non-hydrogen) atoms. The number of ether oxygens (including phenoxy) is 1. The Kier molecular flexibility index (Phi) is 5.34. The van der Waals surface area contributed by atoms with E-state index in [2.05, 4.69) is 20.1 Å². The van der Waals surface area contributed by atoms with Gasteiger partial charge in [-0.25, -0.2) is 0 Å². The van der Waals surface area contributed by atoms with Crippen LogP contribution in [-0.4, -0.2) is 68.7 Å². The van der Waals surface area contributed by atoms with Gasteiger partial charge in [0.2, 0.25) is 0 Å². The summed E-state index contributed by atoms with van der Waals surface area (Å²) >= 11 is 0. The van der Waals surface area contributed by atoms with Gasteiger partial charge in [0.1, 0.15) is 5.76 Å². The zero-order valence-electron chi connectivity index (χ0n) is 13.3. The first-order valence-corrected chi connectivity index (χ1v) is 8.13. The van der Waals surface area contributed by atoms with Crippen LogP contribution in [0, 0.1) is 5.92 Å². The van der Waals surface area contributed by atoms with Crippen LogP contribution in [0.4, 0.5) is 0 Å². The molecule has 3 rings (SSSR count).